The van der Waals surface area contributed by atoms with Gasteiger partial charge in [0.15, 0.2) is 0 Å². The van der Waals surface area contributed by atoms with Crippen LogP contribution in [0.1, 0.15) is 86.0 Å². The van der Waals surface area contributed by atoms with Gasteiger partial charge in [0, 0.05) is 30.7 Å². The van der Waals surface area contributed by atoms with Gasteiger partial charge < -0.3 is 5.32 Å². The van der Waals surface area contributed by atoms with Crippen molar-refractivity contribution in [3.05, 3.63) is 0 Å². The fourth-order valence-electron chi connectivity index (χ4n) is 3.76. The van der Waals surface area contributed by atoms with Crippen LogP contribution >= 0.6 is 0 Å². The number of unbranched alkanes of at least 4 members (excludes halogenated alkanes) is 1. The van der Waals surface area contributed by atoms with Gasteiger partial charge in [0.05, 0.1) is 0 Å². The first-order chi connectivity index (χ1) is 9.66. The van der Waals surface area contributed by atoms with Crippen LogP contribution in [0.15, 0.2) is 0 Å². The van der Waals surface area contributed by atoms with Gasteiger partial charge in [-0.25, -0.2) is 0 Å². The number of hydrogen-bond donors (Lipinski definition) is 1. The molecule has 1 saturated heterocycles. The number of piperazine rings is 1. The summed E-state index contributed by atoms with van der Waals surface area (Å²) in [4.78, 5) is 2.88. The van der Waals surface area contributed by atoms with Gasteiger partial charge >= 0.3 is 0 Å². The summed E-state index contributed by atoms with van der Waals surface area (Å²) in [5.41, 5.74) is 0.365. The molecule has 0 aromatic heterocycles. The predicted octanol–water partition coefficient (Wildman–Crippen LogP) is 4.59. The summed E-state index contributed by atoms with van der Waals surface area (Å²) in [6.07, 6.45) is 10.6. The van der Waals surface area contributed by atoms with Crippen LogP contribution in [0.3, 0.4) is 0 Å². The van der Waals surface area contributed by atoms with Gasteiger partial charge in [0.1, 0.15) is 0 Å². The molecule has 2 nitrogen and oxygen atoms in total. The van der Waals surface area contributed by atoms with Crippen LogP contribution in [0.2, 0.25) is 0 Å². The van der Waals surface area contributed by atoms with Crippen molar-refractivity contribution in [2.45, 2.75) is 104 Å². The average Bonchev–Trinajstić information content (AvgIpc) is 2.50. The molecule has 0 radical (unpaired) electrons. The molecule has 0 spiro atoms. The lowest BCUT2D eigenvalue weighted by Crippen LogP contribution is -2.65. The first-order valence-electron chi connectivity index (χ1n) is 9.17. The zero-order chi connectivity index (χ0) is 15.0. The maximum absolute atomic E-state index is 3.87. The largest absolute Gasteiger partial charge is 0.308 e. The topological polar surface area (TPSA) is 15.3 Å². The Balaban J connectivity index is 2.81. The second-order valence-electron chi connectivity index (χ2n) is 6.69. The second kappa shape index (κ2) is 9.04. The average molecular weight is 283 g/mol. The summed E-state index contributed by atoms with van der Waals surface area (Å²) < 4.78 is 0. The Morgan fingerprint density at radius 3 is 2.25 bits per heavy atom. The number of hydrogen-bond acceptors (Lipinski definition) is 2. The van der Waals surface area contributed by atoms with E-state index in [0.717, 1.165) is 12.1 Å². The van der Waals surface area contributed by atoms with E-state index in [0.29, 0.717) is 5.54 Å². The standard InChI is InChI=1S/C18H38N2/c1-6-11-13-17(12-7-2)20-15-18(9-4,10-5)19-14-16(20)8-3/h16-17,19H,6-15H2,1-5H3. The highest BCUT2D eigenvalue weighted by Crippen LogP contribution is 2.28. The van der Waals surface area contributed by atoms with Crippen LogP contribution < -0.4 is 5.32 Å². The molecule has 0 saturated carbocycles. The van der Waals surface area contributed by atoms with Gasteiger partial charge in [-0.05, 0) is 32.1 Å². The molecule has 0 aliphatic carbocycles. The molecule has 1 heterocycles. The molecule has 2 unspecified atom stereocenters. The molecule has 0 amide bonds. The van der Waals surface area contributed by atoms with Gasteiger partial charge in [0.25, 0.3) is 0 Å². The van der Waals surface area contributed by atoms with Crippen LogP contribution in [0.25, 0.3) is 0 Å². The van der Waals surface area contributed by atoms with Crippen molar-refractivity contribution >= 4 is 0 Å². The third-order valence-electron chi connectivity index (χ3n) is 5.47. The smallest absolute Gasteiger partial charge is 0.0304 e. The molecule has 1 rings (SSSR count). The normalized spacial score (nSPS) is 24.8. The molecule has 1 aliphatic rings. The number of rotatable bonds is 9. The summed E-state index contributed by atoms with van der Waals surface area (Å²) in [7, 11) is 0. The molecule has 1 N–H and O–H groups in total. The summed E-state index contributed by atoms with van der Waals surface area (Å²) in [6.45, 7) is 14.2. The van der Waals surface area contributed by atoms with E-state index in [1.54, 1.807) is 0 Å². The summed E-state index contributed by atoms with van der Waals surface area (Å²) in [5, 5.41) is 3.87. The minimum Gasteiger partial charge on any atom is -0.308 e. The zero-order valence-electron chi connectivity index (χ0n) is 14.7. The Labute approximate surface area is 127 Å². The van der Waals surface area contributed by atoms with Gasteiger partial charge in [-0.3, -0.25) is 4.90 Å². The molecule has 20 heavy (non-hydrogen) atoms. The first-order valence-corrected chi connectivity index (χ1v) is 9.17. The highest BCUT2D eigenvalue weighted by Gasteiger charge is 2.38. The van der Waals surface area contributed by atoms with E-state index in [1.807, 2.05) is 0 Å². The van der Waals surface area contributed by atoms with Crippen molar-refractivity contribution in [1.82, 2.24) is 10.2 Å². The molecular weight excluding hydrogens is 244 g/mol. The van der Waals surface area contributed by atoms with Crippen LogP contribution in [0.5, 0.6) is 0 Å². The predicted molar refractivity (Wildman–Crippen MR) is 90.3 cm³/mol. The van der Waals surface area contributed by atoms with Crippen molar-refractivity contribution in [2.75, 3.05) is 13.1 Å². The van der Waals surface area contributed by atoms with Crippen molar-refractivity contribution in [3.63, 3.8) is 0 Å². The van der Waals surface area contributed by atoms with Crippen LogP contribution in [-0.4, -0.2) is 35.6 Å². The molecule has 1 aliphatic heterocycles. The second-order valence-corrected chi connectivity index (χ2v) is 6.69. The third-order valence-corrected chi connectivity index (χ3v) is 5.47. The van der Waals surface area contributed by atoms with E-state index in [2.05, 4.69) is 44.8 Å². The maximum atomic E-state index is 3.87. The lowest BCUT2D eigenvalue weighted by atomic mass is 9.86. The molecule has 0 aromatic carbocycles. The molecular formula is C18H38N2. The molecule has 1 fully saturated rings. The molecule has 2 heteroatoms. The fraction of sp³-hybridized carbons (Fsp3) is 1.00. The van der Waals surface area contributed by atoms with E-state index in [9.17, 15) is 0 Å². The maximum Gasteiger partial charge on any atom is 0.0304 e. The highest BCUT2D eigenvalue weighted by molar-refractivity contribution is 4.98. The van der Waals surface area contributed by atoms with E-state index in [1.165, 1.54) is 64.5 Å². The zero-order valence-corrected chi connectivity index (χ0v) is 14.7. The Morgan fingerprint density at radius 2 is 1.75 bits per heavy atom. The summed E-state index contributed by atoms with van der Waals surface area (Å²) in [5.74, 6) is 0. The van der Waals surface area contributed by atoms with Gasteiger partial charge in [0.2, 0.25) is 0 Å². The fourth-order valence-corrected chi connectivity index (χ4v) is 3.76. The molecule has 0 aromatic rings. The van der Waals surface area contributed by atoms with Crippen molar-refractivity contribution in [3.8, 4) is 0 Å². The quantitative estimate of drug-likeness (QED) is 0.665. The lowest BCUT2D eigenvalue weighted by molar-refractivity contribution is 0.0275. The molecule has 2 atom stereocenters. The van der Waals surface area contributed by atoms with Crippen molar-refractivity contribution in [2.24, 2.45) is 0 Å². The Hall–Kier alpha value is -0.0800. The molecule has 0 bridgehead atoms. The SMILES string of the molecule is CCCCC(CCC)N1CC(CC)(CC)NCC1CC. The lowest BCUT2D eigenvalue weighted by Gasteiger charge is -2.50. The van der Waals surface area contributed by atoms with E-state index < -0.39 is 0 Å². The van der Waals surface area contributed by atoms with E-state index >= 15 is 0 Å². The van der Waals surface area contributed by atoms with E-state index in [4.69, 9.17) is 0 Å². The number of nitrogens with zero attached hydrogens (tertiary/aromatic N) is 1. The van der Waals surface area contributed by atoms with Gasteiger partial charge in [-0.1, -0.05) is 53.9 Å². The van der Waals surface area contributed by atoms with Crippen LogP contribution in [-0.2, 0) is 0 Å². The van der Waals surface area contributed by atoms with Crippen LogP contribution in [0.4, 0.5) is 0 Å². The Bertz CT molecular complexity index is 248. The summed E-state index contributed by atoms with van der Waals surface area (Å²) >= 11 is 0. The monoisotopic (exact) mass is 282 g/mol. The minimum absolute atomic E-state index is 0.365. The minimum atomic E-state index is 0.365. The van der Waals surface area contributed by atoms with Crippen molar-refractivity contribution in [1.29, 1.82) is 0 Å². The third kappa shape index (κ3) is 4.46. The summed E-state index contributed by atoms with van der Waals surface area (Å²) in [6, 6.07) is 1.55. The van der Waals surface area contributed by atoms with Gasteiger partial charge in [-0.15, -0.1) is 0 Å². The van der Waals surface area contributed by atoms with Gasteiger partial charge in [-0.2, -0.15) is 0 Å². The highest BCUT2D eigenvalue weighted by atomic mass is 15.3. The molecule has 120 valence electrons. The Morgan fingerprint density at radius 1 is 1.05 bits per heavy atom. The first kappa shape index (κ1) is 18.0. The van der Waals surface area contributed by atoms with E-state index in [-0.39, 0.29) is 0 Å². The van der Waals surface area contributed by atoms with Crippen molar-refractivity contribution < 1.29 is 0 Å². The number of nitrogens with one attached hydrogen (secondary N) is 1. The Kier molecular flexibility index (Phi) is 8.13. The van der Waals surface area contributed by atoms with Crippen LogP contribution in [0, 0.1) is 0 Å².